The van der Waals surface area contributed by atoms with E-state index in [1.807, 2.05) is 79.0 Å². The van der Waals surface area contributed by atoms with Gasteiger partial charge >= 0.3 is 6.09 Å². The number of anilines is 4. The lowest BCUT2D eigenvalue weighted by Crippen LogP contribution is -2.55. The van der Waals surface area contributed by atoms with Crippen molar-refractivity contribution in [3.63, 3.8) is 0 Å². The fourth-order valence-electron chi connectivity index (χ4n) is 14.0. The molecule has 5 aliphatic heterocycles. The zero-order valence-corrected chi connectivity index (χ0v) is 60.6. The molecule has 1 saturated carbocycles. The number of carbonyl (C=O) groups is 9. The first-order chi connectivity index (χ1) is 52.2. The van der Waals surface area contributed by atoms with E-state index in [9.17, 15) is 48.3 Å². The molecule has 560 valence electrons. The van der Waals surface area contributed by atoms with Gasteiger partial charge in [-0.1, -0.05) is 80.3 Å². The number of nitrogens with zero attached hydrogens (tertiary/aromatic N) is 7. The van der Waals surface area contributed by atoms with Crippen LogP contribution in [0.5, 0.6) is 23.0 Å². The van der Waals surface area contributed by atoms with Crippen LogP contribution in [0, 0.1) is 23.2 Å². The first-order valence-electron chi connectivity index (χ1n) is 36.2. The summed E-state index contributed by atoms with van der Waals surface area (Å²) in [4.78, 5) is 130. The van der Waals surface area contributed by atoms with Gasteiger partial charge in [-0.25, -0.2) is 9.69 Å². The van der Waals surface area contributed by atoms with Gasteiger partial charge in [0.15, 0.2) is 29.2 Å². The highest BCUT2D eigenvalue weighted by molar-refractivity contribution is 6.07. The summed E-state index contributed by atoms with van der Waals surface area (Å²) < 4.78 is 30.0. The van der Waals surface area contributed by atoms with Gasteiger partial charge in [0.2, 0.25) is 35.4 Å². The SMILES string of the molecule is COc1cc2c(cc1OCCCCCOc1cc3c(cc1OC)C(=O)N1CC4(CC4)C[C@H]1C(O)N3C(=O)OCc1ccc(NC(=O)[C@H](C)NC(=O)[C@@H](NC(=O)CNC(=O)CNC(=O)CCC(=O)N3Cc4ccccc4C#Cc4ccccc43)C(C)C)cc1)NC[C@@H]1CC(c3ccc(-n4nccn4)cc3)=CN1C2=O. The van der Waals surface area contributed by atoms with Crippen LogP contribution in [-0.4, -0.2) is 167 Å². The summed E-state index contributed by atoms with van der Waals surface area (Å²) in [5.41, 5.74) is 7.92. The van der Waals surface area contributed by atoms with Crippen LogP contribution in [0.4, 0.5) is 27.5 Å². The molecule has 2 fully saturated rings. The first kappa shape index (κ1) is 74.0. The lowest BCUT2D eigenvalue weighted by molar-refractivity contribution is -0.132. The van der Waals surface area contributed by atoms with Crippen molar-refractivity contribution in [1.29, 1.82) is 0 Å². The Morgan fingerprint density at radius 1 is 0.694 bits per heavy atom. The van der Waals surface area contributed by atoms with Crippen LogP contribution in [0.15, 0.2) is 140 Å². The summed E-state index contributed by atoms with van der Waals surface area (Å²) in [6.45, 7) is 5.38. The number of aliphatic hydroxyl groups excluding tert-OH is 1. The van der Waals surface area contributed by atoms with Crippen LogP contribution < -0.4 is 60.6 Å². The van der Waals surface area contributed by atoms with Crippen molar-refractivity contribution in [2.24, 2.45) is 11.3 Å². The van der Waals surface area contributed by atoms with E-state index in [1.165, 1.54) is 33.3 Å². The molecule has 108 heavy (non-hydrogen) atoms. The van der Waals surface area contributed by atoms with Gasteiger partial charge in [0.1, 0.15) is 18.7 Å². The number of unbranched alkanes of at least 4 members (excludes halogenated alkanes) is 2. The summed E-state index contributed by atoms with van der Waals surface area (Å²) >= 11 is 0. The quantitative estimate of drug-likeness (QED) is 0.0192. The first-order valence-corrected chi connectivity index (χ1v) is 36.2. The van der Waals surface area contributed by atoms with Gasteiger partial charge in [0, 0.05) is 61.1 Å². The predicted octanol–water partition coefficient (Wildman–Crippen LogP) is 7.61. The van der Waals surface area contributed by atoms with Crippen molar-refractivity contribution in [2.75, 3.05) is 74.0 Å². The van der Waals surface area contributed by atoms with Crippen LogP contribution in [0.3, 0.4) is 0 Å². The number of aliphatic hydroxyl groups is 1. The van der Waals surface area contributed by atoms with Crippen LogP contribution in [-0.2, 0) is 46.7 Å². The molecule has 9 amide bonds. The largest absolute Gasteiger partial charge is 0.493 e. The van der Waals surface area contributed by atoms with Gasteiger partial charge in [0.25, 0.3) is 11.8 Å². The van der Waals surface area contributed by atoms with E-state index in [-0.39, 0.29) is 84.5 Å². The summed E-state index contributed by atoms with van der Waals surface area (Å²) in [5, 5.41) is 37.0. The van der Waals surface area contributed by atoms with Crippen molar-refractivity contribution >= 4 is 81.7 Å². The molecule has 28 heteroatoms. The second-order valence-corrected chi connectivity index (χ2v) is 28.0. The Labute approximate surface area is 623 Å². The monoisotopic (exact) mass is 1470 g/mol. The third kappa shape index (κ3) is 16.7. The van der Waals surface area contributed by atoms with E-state index >= 15 is 0 Å². The van der Waals surface area contributed by atoms with Crippen LogP contribution in [0.2, 0.25) is 0 Å². The molecule has 7 aromatic rings. The molecule has 6 aromatic carbocycles. The minimum Gasteiger partial charge on any atom is -0.493 e. The van der Waals surface area contributed by atoms with Gasteiger partial charge in [-0.3, -0.25) is 38.4 Å². The van der Waals surface area contributed by atoms with Gasteiger partial charge < -0.3 is 75.4 Å². The Bertz CT molecular complexity index is 4700. The van der Waals surface area contributed by atoms with E-state index in [2.05, 4.69) is 53.9 Å². The number of ether oxygens (including phenoxy) is 5. The van der Waals surface area contributed by atoms with Crippen LogP contribution in [0.25, 0.3) is 11.3 Å². The zero-order chi connectivity index (χ0) is 75.8. The molecular formula is C80H85N13O15. The highest BCUT2D eigenvalue weighted by Crippen LogP contribution is 2.57. The van der Waals surface area contributed by atoms with E-state index < -0.39 is 79.0 Å². The smallest absolute Gasteiger partial charge is 0.416 e. The molecule has 28 nitrogen and oxygen atoms in total. The standard InChI is InChI=1S/C80H85N13O15/c1-48(2)73(88-71(96)43-83-70(95)42-82-69(94)27-28-72(97)90-44-54-15-8-7-13-51(54)19-20-53-14-9-10-16-62(53)90)75(99)86-49(3)74(98)87-56-23-17-50(18-24-56)46-108-79(103)92-63-39-68(66(105-5)37-60(63)77(101)91-47-80(29-30-80)40-64(91)78(92)102)107-34-12-6-11-33-106-67-38-61-59(36-65(67)104-4)76(100)89-45-55(35-58(89)41-81-61)52-21-25-57(26-22-52)93-84-31-32-85-93/h7-10,13-18,21-26,31-32,36-39,45,48-49,58,64,73,78,81,102H,6,11-12,27-30,33-35,40-44,46-47H2,1-5H3,(H,82,94)(H,83,95)(H,86,99)(H,87,98)(H,88,96)/t49-,58-,64-,73-,78?/m0/s1. The highest BCUT2D eigenvalue weighted by Gasteiger charge is 2.58. The maximum Gasteiger partial charge on any atom is 0.416 e. The van der Waals surface area contributed by atoms with Crippen molar-refractivity contribution in [1.82, 2.24) is 46.1 Å². The second kappa shape index (κ2) is 32.6. The van der Waals surface area contributed by atoms with Crippen molar-refractivity contribution in [3.05, 3.63) is 179 Å². The number of aromatic nitrogens is 3. The number of methoxy groups -OCH3 is 2. The minimum absolute atomic E-state index is 0.0858. The maximum absolute atomic E-state index is 14.5. The summed E-state index contributed by atoms with van der Waals surface area (Å²) in [6, 6.07) is 32.7. The molecule has 7 N–H and O–H groups in total. The minimum atomic E-state index is -1.48. The van der Waals surface area contributed by atoms with Crippen molar-refractivity contribution in [2.45, 2.75) is 122 Å². The number of hydrogen-bond donors (Lipinski definition) is 7. The number of hydrogen-bond acceptors (Lipinski definition) is 18. The number of carbonyl (C=O) groups excluding carboxylic acids is 9. The lowest BCUT2D eigenvalue weighted by Gasteiger charge is -2.31. The topological polar surface area (TPSA) is 336 Å². The zero-order valence-electron chi connectivity index (χ0n) is 60.6. The number of nitrogens with one attached hydrogen (secondary N) is 6. The predicted molar refractivity (Wildman–Crippen MR) is 398 cm³/mol. The van der Waals surface area contributed by atoms with Crippen LogP contribution >= 0.6 is 0 Å². The second-order valence-electron chi connectivity index (χ2n) is 28.0. The molecule has 13 rings (SSSR count). The van der Waals surface area contributed by atoms with Gasteiger partial charge in [-0.05, 0) is 140 Å². The number of para-hydroxylation sites is 1. The molecule has 1 aromatic heterocycles. The number of amides is 9. The molecule has 0 bridgehead atoms. The highest BCUT2D eigenvalue weighted by atomic mass is 16.6. The van der Waals surface area contributed by atoms with E-state index in [0.717, 1.165) is 45.7 Å². The molecule has 6 aliphatic rings. The Kier molecular flexibility index (Phi) is 22.4. The Morgan fingerprint density at radius 3 is 2.07 bits per heavy atom. The van der Waals surface area contributed by atoms with Crippen molar-refractivity contribution < 1.29 is 71.9 Å². The number of benzene rings is 6. The summed E-state index contributed by atoms with van der Waals surface area (Å²) in [7, 11) is 2.99. The normalized spacial score (nSPS) is 17.4. The molecular weight excluding hydrogens is 1380 g/mol. The van der Waals surface area contributed by atoms with E-state index in [4.69, 9.17) is 23.7 Å². The third-order valence-corrected chi connectivity index (χ3v) is 20.2. The Balaban J connectivity index is 0.557. The van der Waals surface area contributed by atoms with E-state index in [1.54, 1.807) is 82.1 Å². The van der Waals surface area contributed by atoms with Gasteiger partial charge in [-0.15, -0.1) is 0 Å². The molecule has 1 unspecified atom stereocenters. The Hall–Kier alpha value is -12.3. The molecule has 6 heterocycles. The van der Waals surface area contributed by atoms with Gasteiger partial charge in [-0.2, -0.15) is 15.0 Å². The van der Waals surface area contributed by atoms with Crippen LogP contribution in [0.1, 0.15) is 127 Å². The summed E-state index contributed by atoms with van der Waals surface area (Å²) in [5.74, 6) is 3.30. The molecule has 1 saturated heterocycles. The van der Waals surface area contributed by atoms with Crippen molar-refractivity contribution in [3.8, 4) is 40.5 Å². The molecule has 0 radical (unpaired) electrons. The maximum atomic E-state index is 14.5. The fourth-order valence-corrected chi connectivity index (χ4v) is 14.0. The van der Waals surface area contributed by atoms with E-state index in [0.29, 0.717) is 97.1 Å². The average Bonchev–Trinajstić information content (AvgIpc) is 1.57. The third-order valence-electron chi connectivity index (χ3n) is 20.2. The number of rotatable bonds is 27. The fraction of sp³-hybridized carbons (Fsp3) is 0.362. The molecule has 1 aliphatic carbocycles. The summed E-state index contributed by atoms with van der Waals surface area (Å²) in [6.07, 6.45) is 7.29. The number of fused-ring (bicyclic) bond motifs is 6. The molecule has 1 spiro atoms. The Morgan fingerprint density at radius 2 is 1.36 bits per heavy atom. The lowest BCUT2D eigenvalue weighted by atomic mass is 10.0. The average molecular weight is 1470 g/mol. The van der Waals surface area contributed by atoms with Gasteiger partial charge in [0.05, 0.1) is 105 Å². The molecule has 5 atom stereocenters.